The third-order valence-corrected chi connectivity index (χ3v) is 26.0. The second-order valence-corrected chi connectivity index (χ2v) is 33.3. The minimum Gasteiger partial charge on any atom is -0.456 e. The standard InChI is InChI=1S/C122H77N3O3/c1-3-29-97-83(21-1)23-17-36-99(97)85-51-47-78(48-52-85)79-55-64-92(65-56-79)123(93-66-57-81(58-67-93)88-26-16-28-96(74-88)125-114-43-11-5-31-101(114)102-32-6-12-44-115(102)125)116-76-90(61-70-104(116)109-39-20-41-111-106-35-9-14-46-118(106)128-122(109)111)89-63-72-119-112(75-89)107-71-62-91(77-120(107)126-119)82-59-68-94(69-60-82)124(113-42-10-7-33-103(113)108-38-19-40-110-105-34-8-13-45-117(105)127-121(108)110)95-27-15-25-87(73-95)80-49-53-86(54-50-80)100-37-18-24-84-22-2-4-30-98(84)100/h1-77H. The molecule has 0 aliphatic carbocycles. The lowest BCUT2D eigenvalue weighted by Crippen LogP contribution is -2.11. The molecule has 25 aromatic rings. The van der Waals surface area contributed by atoms with Crippen LogP contribution in [0.2, 0.25) is 0 Å². The summed E-state index contributed by atoms with van der Waals surface area (Å²) >= 11 is 0. The van der Waals surface area contributed by atoms with Crippen LogP contribution in [0.4, 0.5) is 34.1 Å². The average Bonchev–Trinajstić information content (AvgIpc) is 1.46. The van der Waals surface area contributed by atoms with E-state index in [0.29, 0.717) is 0 Å². The number of rotatable bonds is 16. The predicted octanol–water partition coefficient (Wildman–Crippen LogP) is 34.7. The van der Waals surface area contributed by atoms with Crippen molar-refractivity contribution in [2.75, 3.05) is 9.80 Å². The lowest BCUT2D eigenvalue weighted by atomic mass is 9.94. The molecule has 128 heavy (non-hydrogen) atoms. The van der Waals surface area contributed by atoms with E-state index in [0.717, 1.165) is 184 Å². The van der Waals surface area contributed by atoms with Gasteiger partial charge in [-0.1, -0.05) is 346 Å². The van der Waals surface area contributed by atoms with Crippen molar-refractivity contribution in [2.45, 2.75) is 0 Å². The van der Waals surface area contributed by atoms with Crippen molar-refractivity contribution in [1.82, 2.24) is 4.57 Å². The van der Waals surface area contributed by atoms with E-state index in [9.17, 15) is 0 Å². The number of para-hydroxylation sites is 7. The molecule has 0 radical (unpaired) electrons. The van der Waals surface area contributed by atoms with Crippen LogP contribution in [0.15, 0.2) is 480 Å². The molecule has 0 spiro atoms. The number of aromatic nitrogens is 1. The summed E-state index contributed by atoms with van der Waals surface area (Å²) in [4.78, 5) is 4.82. The van der Waals surface area contributed by atoms with E-state index in [2.05, 4.69) is 469 Å². The smallest absolute Gasteiger partial charge is 0.143 e. The van der Waals surface area contributed by atoms with Crippen LogP contribution in [0.5, 0.6) is 0 Å². The first-order valence-electron chi connectivity index (χ1n) is 43.7. The lowest BCUT2D eigenvalue weighted by Gasteiger charge is -2.29. The molecule has 0 aliphatic heterocycles. The summed E-state index contributed by atoms with van der Waals surface area (Å²) in [5, 5.41) is 13.8. The van der Waals surface area contributed by atoms with Crippen LogP contribution in [0.3, 0.4) is 0 Å². The zero-order valence-corrected chi connectivity index (χ0v) is 69.5. The first-order chi connectivity index (χ1) is 63.4. The van der Waals surface area contributed by atoms with Gasteiger partial charge in [0.15, 0.2) is 0 Å². The minimum atomic E-state index is 0.809. The summed E-state index contributed by atoms with van der Waals surface area (Å²) in [5.74, 6) is 0. The zero-order valence-electron chi connectivity index (χ0n) is 69.5. The molecule has 0 bridgehead atoms. The van der Waals surface area contributed by atoms with Gasteiger partial charge in [-0.15, -0.1) is 0 Å². The van der Waals surface area contributed by atoms with Crippen LogP contribution in [-0.2, 0) is 0 Å². The van der Waals surface area contributed by atoms with Crippen molar-refractivity contribution < 1.29 is 13.3 Å². The number of anilines is 6. The number of fused-ring (bicyclic) bond motifs is 14. The van der Waals surface area contributed by atoms with Gasteiger partial charge in [-0.25, -0.2) is 0 Å². The van der Waals surface area contributed by atoms with E-state index in [1.165, 1.54) is 65.6 Å². The van der Waals surface area contributed by atoms with Crippen molar-refractivity contribution in [3.8, 4) is 106 Å². The topological polar surface area (TPSA) is 50.8 Å². The van der Waals surface area contributed by atoms with Crippen LogP contribution in [0, 0.1) is 0 Å². The van der Waals surface area contributed by atoms with Crippen molar-refractivity contribution in [1.29, 1.82) is 0 Å². The first-order valence-corrected chi connectivity index (χ1v) is 43.7. The van der Waals surface area contributed by atoms with Crippen molar-refractivity contribution in [2.24, 2.45) is 0 Å². The SMILES string of the molecule is c1cc(-c2ccc(-c3cccc4ccccc34)cc2)cc(N(c2ccc(-c3ccc4c(c3)oc3ccc(-c5ccc(-c6cccc7c6oc6ccccc67)c(N(c6ccc(-c7ccc(-c8cccc9ccccc89)cc7)cc6)c6ccc(-c7cccc(-n8c9ccccc9c9ccccc98)c7)cc6)c5)cc34)cc2)c2ccccc2-c2cccc3c2oc2ccccc23)c1. The molecule has 0 fully saturated rings. The maximum absolute atomic E-state index is 6.97. The Kier molecular flexibility index (Phi) is 17.5. The van der Waals surface area contributed by atoms with E-state index in [1.54, 1.807) is 0 Å². The van der Waals surface area contributed by atoms with Crippen LogP contribution in [-0.4, -0.2) is 4.57 Å². The molecule has 0 saturated carbocycles. The molecule has 0 unspecified atom stereocenters. The van der Waals surface area contributed by atoms with Gasteiger partial charge in [0.25, 0.3) is 0 Å². The van der Waals surface area contributed by atoms with Gasteiger partial charge in [-0.05, 0) is 221 Å². The van der Waals surface area contributed by atoms with E-state index in [-0.39, 0.29) is 0 Å². The largest absolute Gasteiger partial charge is 0.456 e. The van der Waals surface area contributed by atoms with E-state index in [1.807, 2.05) is 12.1 Å². The van der Waals surface area contributed by atoms with Gasteiger partial charge < -0.3 is 27.6 Å². The molecule has 4 aromatic heterocycles. The highest BCUT2D eigenvalue weighted by Crippen LogP contribution is 2.51. The first kappa shape index (κ1) is 73.6. The van der Waals surface area contributed by atoms with Gasteiger partial charge in [0.1, 0.15) is 33.5 Å². The van der Waals surface area contributed by atoms with Crippen molar-refractivity contribution in [3.63, 3.8) is 0 Å². The lowest BCUT2D eigenvalue weighted by molar-refractivity contribution is 0.669. The van der Waals surface area contributed by atoms with Crippen molar-refractivity contribution >= 4 is 143 Å². The summed E-state index contributed by atoms with van der Waals surface area (Å²) in [6.07, 6.45) is 0. The Morgan fingerprint density at radius 1 is 0.164 bits per heavy atom. The molecule has 0 atom stereocenters. The highest BCUT2D eigenvalue weighted by Gasteiger charge is 2.26. The molecule has 0 aliphatic rings. The van der Waals surface area contributed by atoms with Crippen molar-refractivity contribution in [3.05, 3.63) is 467 Å². The van der Waals surface area contributed by atoms with E-state index < -0.39 is 0 Å². The van der Waals surface area contributed by atoms with Crippen LogP contribution >= 0.6 is 0 Å². The third kappa shape index (κ3) is 12.6. The fourth-order valence-corrected chi connectivity index (χ4v) is 19.8. The Labute approximate surface area is 738 Å². The van der Waals surface area contributed by atoms with Crippen LogP contribution < -0.4 is 9.80 Å². The second kappa shape index (κ2) is 30.5. The average molecular weight is 1630 g/mol. The minimum absolute atomic E-state index is 0.809. The molecule has 21 aromatic carbocycles. The Hall–Kier alpha value is -17.1. The molecule has 6 heteroatoms. The molecular formula is C122H77N3O3. The molecule has 25 rings (SSSR count). The quantitative estimate of drug-likeness (QED) is 0.0965. The fraction of sp³-hybridized carbons (Fsp3) is 0. The van der Waals surface area contributed by atoms with Gasteiger partial charge in [-0.2, -0.15) is 0 Å². The van der Waals surface area contributed by atoms with Gasteiger partial charge in [0, 0.05) is 93.8 Å². The summed E-state index contributed by atoms with van der Waals surface area (Å²) in [7, 11) is 0. The Morgan fingerprint density at radius 3 is 1.10 bits per heavy atom. The summed E-state index contributed by atoms with van der Waals surface area (Å²) in [6, 6.07) is 170. The summed E-state index contributed by atoms with van der Waals surface area (Å²) in [6.45, 7) is 0. The van der Waals surface area contributed by atoms with E-state index in [4.69, 9.17) is 13.3 Å². The third-order valence-electron chi connectivity index (χ3n) is 26.0. The molecule has 0 N–H and O–H groups in total. The van der Waals surface area contributed by atoms with Gasteiger partial charge in [0.05, 0.1) is 22.4 Å². The molecular weight excluding hydrogens is 1560 g/mol. The summed E-state index contributed by atoms with van der Waals surface area (Å²) in [5.41, 5.74) is 34.3. The maximum atomic E-state index is 6.97. The molecule has 4 heterocycles. The highest BCUT2D eigenvalue weighted by atomic mass is 16.3. The Morgan fingerprint density at radius 2 is 0.523 bits per heavy atom. The molecule has 0 saturated heterocycles. The van der Waals surface area contributed by atoms with Crippen LogP contribution in [0.25, 0.3) is 215 Å². The number of furan rings is 3. The molecule has 0 amide bonds. The normalized spacial score (nSPS) is 11.8. The maximum Gasteiger partial charge on any atom is 0.143 e. The molecule has 598 valence electrons. The fourth-order valence-electron chi connectivity index (χ4n) is 19.8. The van der Waals surface area contributed by atoms with Crippen LogP contribution in [0.1, 0.15) is 0 Å². The van der Waals surface area contributed by atoms with Gasteiger partial charge in [-0.3, -0.25) is 0 Å². The van der Waals surface area contributed by atoms with Gasteiger partial charge >= 0.3 is 0 Å². The van der Waals surface area contributed by atoms with E-state index >= 15 is 0 Å². The number of benzene rings is 21. The number of hydrogen-bond acceptors (Lipinski definition) is 5. The Balaban J connectivity index is 0.590. The highest BCUT2D eigenvalue weighted by molar-refractivity contribution is 6.15. The zero-order chi connectivity index (χ0) is 84.3. The number of hydrogen-bond donors (Lipinski definition) is 0. The van der Waals surface area contributed by atoms with Gasteiger partial charge in [0.2, 0.25) is 0 Å². The molecule has 6 nitrogen and oxygen atoms in total. The monoisotopic (exact) mass is 1630 g/mol. The second-order valence-electron chi connectivity index (χ2n) is 33.3. The summed E-state index contributed by atoms with van der Waals surface area (Å²) < 4.78 is 23.1. The predicted molar refractivity (Wildman–Crippen MR) is 536 cm³/mol. The Bertz CT molecular complexity index is 8620. The number of nitrogens with zero attached hydrogens (tertiary/aromatic N) is 3.